The van der Waals surface area contributed by atoms with E-state index in [0.717, 1.165) is 69.1 Å². The normalized spacial score (nSPS) is 21.8. The van der Waals surface area contributed by atoms with Gasteiger partial charge in [-0.3, -0.25) is 19.0 Å². The lowest BCUT2D eigenvalue weighted by molar-refractivity contribution is -0.0627. The third-order valence-electron chi connectivity index (χ3n) is 5.76. The van der Waals surface area contributed by atoms with Crippen LogP contribution in [0.3, 0.4) is 0 Å². The molecule has 0 bridgehead atoms. The van der Waals surface area contributed by atoms with Crippen LogP contribution in [0.5, 0.6) is 0 Å². The van der Waals surface area contributed by atoms with Crippen LogP contribution in [-0.2, 0) is 11.3 Å². The summed E-state index contributed by atoms with van der Waals surface area (Å²) in [6, 6.07) is 5.58. The first-order chi connectivity index (χ1) is 12.1. The molecule has 4 heterocycles. The quantitative estimate of drug-likeness (QED) is 0.823. The number of ether oxygens (including phenoxy) is 1. The molecule has 1 spiro atoms. The molecule has 25 heavy (non-hydrogen) atoms. The van der Waals surface area contributed by atoms with Gasteiger partial charge in [0.25, 0.3) is 5.56 Å². The molecule has 2 fully saturated rings. The van der Waals surface area contributed by atoms with Crippen LogP contribution in [0.1, 0.15) is 24.1 Å². The molecular weight excluding hydrogens is 316 g/mol. The van der Waals surface area contributed by atoms with E-state index in [1.54, 1.807) is 16.7 Å². The van der Waals surface area contributed by atoms with E-state index in [9.17, 15) is 4.79 Å². The standard InChI is InChI=1S/C19H26N4O2/c1-15-3-6-23-17(11-15)20-16(12-18(23)24)13-22-8-7-21(2)19(14-22)4-9-25-10-5-19/h3,6,11-12H,4-5,7-10,13-14H2,1-2H3. The maximum atomic E-state index is 12.4. The molecule has 2 aliphatic rings. The number of aryl methyl sites for hydroxylation is 1. The van der Waals surface area contributed by atoms with Crippen LogP contribution >= 0.6 is 0 Å². The summed E-state index contributed by atoms with van der Waals surface area (Å²) in [5.74, 6) is 0. The van der Waals surface area contributed by atoms with Gasteiger partial charge in [0, 0.05) is 57.2 Å². The Bertz CT molecular complexity index is 826. The Morgan fingerprint density at radius 3 is 2.84 bits per heavy atom. The second kappa shape index (κ2) is 6.52. The van der Waals surface area contributed by atoms with Crippen molar-refractivity contribution in [3.05, 3.63) is 46.0 Å². The van der Waals surface area contributed by atoms with Gasteiger partial charge >= 0.3 is 0 Å². The summed E-state index contributed by atoms with van der Waals surface area (Å²) < 4.78 is 7.18. The number of nitrogens with zero attached hydrogens (tertiary/aromatic N) is 4. The van der Waals surface area contributed by atoms with Crippen molar-refractivity contribution >= 4 is 5.65 Å². The molecule has 6 heteroatoms. The molecule has 2 aromatic rings. The van der Waals surface area contributed by atoms with E-state index in [2.05, 4.69) is 16.8 Å². The van der Waals surface area contributed by atoms with Gasteiger partial charge in [-0.25, -0.2) is 4.98 Å². The van der Waals surface area contributed by atoms with Gasteiger partial charge in [-0.1, -0.05) is 0 Å². The first-order valence-corrected chi connectivity index (χ1v) is 9.06. The highest BCUT2D eigenvalue weighted by molar-refractivity contribution is 5.41. The van der Waals surface area contributed by atoms with Crippen LogP contribution in [0.15, 0.2) is 29.2 Å². The summed E-state index contributed by atoms with van der Waals surface area (Å²) in [5, 5.41) is 0. The van der Waals surface area contributed by atoms with Crippen molar-refractivity contribution in [2.24, 2.45) is 0 Å². The fraction of sp³-hybridized carbons (Fsp3) is 0.579. The van der Waals surface area contributed by atoms with E-state index in [0.29, 0.717) is 0 Å². The second-order valence-electron chi connectivity index (χ2n) is 7.49. The Kier molecular flexibility index (Phi) is 4.35. The first-order valence-electron chi connectivity index (χ1n) is 9.06. The minimum Gasteiger partial charge on any atom is -0.381 e. The number of hydrogen-bond acceptors (Lipinski definition) is 5. The van der Waals surface area contributed by atoms with Crippen LogP contribution < -0.4 is 5.56 Å². The van der Waals surface area contributed by atoms with Crippen molar-refractivity contribution in [2.75, 3.05) is 39.9 Å². The highest BCUT2D eigenvalue weighted by atomic mass is 16.5. The zero-order chi connectivity index (χ0) is 17.4. The lowest BCUT2D eigenvalue weighted by Gasteiger charge is -2.51. The molecule has 2 aliphatic heterocycles. The molecule has 0 unspecified atom stereocenters. The average Bonchev–Trinajstić information content (AvgIpc) is 2.59. The maximum Gasteiger partial charge on any atom is 0.258 e. The molecule has 0 atom stereocenters. The van der Waals surface area contributed by atoms with Gasteiger partial charge < -0.3 is 4.74 Å². The van der Waals surface area contributed by atoms with Gasteiger partial charge in [0.1, 0.15) is 5.65 Å². The predicted octanol–water partition coefficient (Wildman–Crippen LogP) is 1.30. The van der Waals surface area contributed by atoms with E-state index in [4.69, 9.17) is 9.72 Å². The molecular formula is C19H26N4O2. The molecule has 4 rings (SSSR count). The van der Waals surface area contributed by atoms with Crippen LogP contribution in [0.4, 0.5) is 0 Å². The number of fused-ring (bicyclic) bond motifs is 1. The van der Waals surface area contributed by atoms with Crippen molar-refractivity contribution < 1.29 is 4.74 Å². The van der Waals surface area contributed by atoms with Crippen molar-refractivity contribution in [2.45, 2.75) is 31.8 Å². The van der Waals surface area contributed by atoms with Gasteiger partial charge in [-0.15, -0.1) is 0 Å². The van der Waals surface area contributed by atoms with E-state index >= 15 is 0 Å². The molecule has 6 nitrogen and oxygen atoms in total. The van der Waals surface area contributed by atoms with E-state index < -0.39 is 0 Å². The average molecular weight is 342 g/mol. The zero-order valence-corrected chi connectivity index (χ0v) is 15.1. The molecule has 0 aromatic carbocycles. The molecule has 0 aliphatic carbocycles. The van der Waals surface area contributed by atoms with Gasteiger partial charge in [-0.2, -0.15) is 0 Å². The van der Waals surface area contributed by atoms with Crippen molar-refractivity contribution in [3.63, 3.8) is 0 Å². The van der Waals surface area contributed by atoms with Crippen LogP contribution in [0.2, 0.25) is 0 Å². The SMILES string of the molecule is Cc1ccn2c(=O)cc(CN3CCN(C)C4(CCOCC4)C3)nc2c1. The fourth-order valence-corrected chi connectivity index (χ4v) is 4.13. The first kappa shape index (κ1) is 16.7. The number of rotatable bonds is 2. The number of piperazine rings is 1. The molecule has 134 valence electrons. The number of hydrogen-bond donors (Lipinski definition) is 0. The third-order valence-corrected chi connectivity index (χ3v) is 5.76. The van der Waals surface area contributed by atoms with Crippen LogP contribution in [0, 0.1) is 6.92 Å². The molecule has 0 amide bonds. The minimum absolute atomic E-state index is 0.00472. The Balaban J connectivity index is 1.57. The fourth-order valence-electron chi connectivity index (χ4n) is 4.13. The Morgan fingerprint density at radius 1 is 1.24 bits per heavy atom. The topological polar surface area (TPSA) is 50.1 Å². The Morgan fingerprint density at radius 2 is 2.04 bits per heavy atom. The smallest absolute Gasteiger partial charge is 0.258 e. The number of pyridine rings is 1. The lowest BCUT2D eigenvalue weighted by atomic mass is 9.86. The summed E-state index contributed by atoms with van der Waals surface area (Å²) in [6.45, 7) is 7.51. The van der Waals surface area contributed by atoms with Crippen molar-refractivity contribution in [3.8, 4) is 0 Å². The lowest BCUT2D eigenvalue weighted by Crippen LogP contribution is -2.62. The number of likely N-dealkylation sites (N-methyl/N-ethyl adjacent to an activating group) is 1. The molecule has 2 aromatic heterocycles. The van der Waals surface area contributed by atoms with Crippen molar-refractivity contribution in [1.82, 2.24) is 19.2 Å². The summed E-state index contributed by atoms with van der Waals surface area (Å²) in [7, 11) is 2.23. The van der Waals surface area contributed by atoms with Gasteiger partial charge in [0.2, 0.25) is 0 Å². The molecule has 2 saturated heterocycles. The number of aromatic nitrogens is 2. The van der Waals surface area contributed by atoms with Gasteiger partial charge in [0.15, 0.2) is 0 Å². The summed E-state index contributed by atoms with van der Waals surface area (Å²) in [6.07, 6.45) is 3.96. The van der Waals surface area contributed by atoms with Gasteiger partial charge in [0.05, 0.1) is 5.69 Å². The highest BCUT2D eigenvalue weighted by Gasteiger charge is 2.40. The largest absolute Gasteiger partial charge is 0.381 e. The summed E-state index contributed by atoms with van der Waals surface area (Å²) >= 11 is 0. The Hall–Kier alpha value is -1.76. The third kappa shape index (κ3) is 3.21. The Labute approximate surface area is 148 Å². The molecule has 0 saturated carbocycles. The van der Waals surface area contributed by atoms with E-state index in [1.807, 2.05) is 19.1 Å². The molecule has 0 N–H and O–H groups in total. The summed E-state index contributed by atoms with van der Waals surface area (Å²) in [5.41, 5.74) is 2.92. The second-order valence-corrected chi connectivity index (χ2v) is 7.49. The van der Waals surface area contributed by atoms with Crippen LogP contribution in [-0.4, -0.2) is 64.6 Å². The predicted molar refractivity (Wildman–Crippen MR) is 96.9 cm³/mol. The van der Waals surface area contributed by atoms with E-state index in [-0.39, 0.29) is 11.1 Å². The maximum absolute atomic E-state index is 12.4. The van der Waals surface area contributed by atoms with E-state index in [1.165, 1.54) is 0 Å². The highest BCUT2D eigenvalue weighted by Crippen LogP contribution is 2.31. The zero-order valence-electron chi connectivity index (χ0n) is 15.1. The van der Waals surface area contributed by atoms with Crippen molar-refractivity contribution in [1.29, 1.82) is 0 Å². The molecule has 0 radical (unpaired) electrons. The summed E-state index contributed by atoms with van der Waals surface area (Å²) in [4.78, 5) is 22.0. The monoisotopic (exact) mass is 342 g/mol. The van der Waals surface area contributed by atoms with Gasteiger partial charge in [-0.05, 0) is 44.5 Å². The van der Waals surface area contributed by atoms with Crippen LogP contribution in [0.25, 0.3) is 5.65 Å². The minimum atomic E-state index is -0.00472.